The number of likely N-dealkylation sites (N-methyl/N-ethyl adjacent to an activating group) is 1. The molecule has 0 amide bonds. The minimum absolute atomic E-state index is 0.526. The standard InChI is InChI=1S/C15H19BrN6/c1-2-21-7-9-22(10-8-21)14-11-17-20-15(19-14)18-13-5-3-12(16)4-6-13/h3-6,11H,2,7-10H2,1H3,(H,18,19,20). The number of halogens is 1. The van der Waals surface area contributed by atoms with Crippen LogP contribution in [0.2, 0.25) is 0 Å². The zero-order valence-corrected chi connectivity index (χ0v) is 14.1. The van der Waals surface area contributed by atoms with Crippen LogP contribution in [0.25, 0.3) is 0 Å². The highest BCUT2D eigenvalue weighted by Gasteiger charge is 2.17. The fourth-order valence-electron chi connectivity index (χ4n) is 2.46. The Labute approximate surface area is 138 Å². The molecule has 116 valence electrons. The van der Waals surface area contributed by atoms with Crippen molar-refractivity contribution in [1.82, 2.24) is 20.1 Å². The Morgan fingerprint density at radius 3 is 2.55 bits per heavy atom. The van der Waals surface area contributed by atoms with E-state index in [0.717, 1.165) is 48.7 Å². The number of hydrogen-bond donors (Lipinski definition) is 1. The zero-order chi connectivity index (χ0) is 15.4. The van der Waals surface area contributed by atoms with Gasteiger partial charge in [-0.05, 0) is 30.8 Å². The molecule has 0 bridgehead atoms. The van der Waals surface area contributed by atoms with Crippen molar-refractivity contribution < 1.29 is 0 Å². The molecule has 0 atom stereocenters. The van der Waals surface area contributed by atoms with Crippen LogP contribution in [-0.2, 0) is 0 Å². The van der Waals surface area contributed by atoms with Gasteiger partial charge in [-0.15, -0.1) is 5.10 Å². The second kappa shape index (κ2) is 7.02. The lowest BCUT2D eigenvalue weighted by molar-refractivity contribution is 0.270. The third-order valence-electron chi connectivity index (χ3n) is 3.79. The molecule has 3 rings (SSSR count). The van der Waals surface area contributed by atoms with Gasteiger partial charge in [0.1, 0.15) is 0 Å². The third-order valence-corrected chi connectivity index (χ3v) is 4.32. The number of hydrogen-bond acceptors (Lipinski definition) is 6. The van der Waals surface area contributed by atoms with Crippen LogP contribution in [0.5, 0.6) is 0 Å². The average Bonchev–Trinajstić information content (AvgIpc) is 2.57. The number of benzene rings is 1. The first kappa shape index (κ1) is 15.2. The molecule has 1 N–H and O–H groups in total. The quantitative estimate of drug-likeness (QED) is 0.901. The van der Waals surface area contributed by atoms with Gasteiger partial charge >= 0.3 is 0 Å². The second-order valence-corrected chi connectivity index (χ2v) is 6.11. The Morgan fingerprint density at radius 2 is 1.86 bits per heavy atom. The molecule has 0 spiro atoms. The monoisotopic (exact) mass is 362 g/mol. The molecule has 0 saturated carbocycles. The summed E-state index contributed by atoms with van der Waals surface area (Å²) in [4.78, 5) is 9.27. The van der Waals surface area contributed by atoms with E-state index in [1.807, 2.05) is 24.3 Å². The van der Waals surface area contributed by atoms with Gasteiger partial charge in [-0.3, -0.25) is 0 Å². The smallest absolute Gasteiger partial charge is 0.249 e. The molecule has 1 aromatic heterocycles. The molecule has 6 nitrogen and oxygen atoms in total. The van der Waals surface area contributed by atoms with Crippen molar-refractivity contribution in [3.8, 4) is 0 Å². The van der Waals surface area contributed by atoms with Gasteiger partial charge in [0.2, 0.25) is 5.95 Å². The Morgan fingerprint density at radius 1 is 1.14 bits per heavy atom. The Bertz CT molecular complexity index is 610. The van der Waals surface area contributed by atoms with Crippen LogP contribution in [0.4, 0.5) is 17.5 Å². The first-order valence-corrected chi connectivity index (χ1v) is 8.23. The molecule has 7 heteroatoms. The molecular formula is C15H19BrN6. The fraction of sp³-hybridized carbons (Fsp3) is 0.400. The molecular weight excluding hydrogens is 344 g/mol. The molecule has 1 fully saturated rings. The zero-order valence-electron chi connectivity index (χ0n) is 12.5. The van der Waals surface area contributed by atoms with Gasteiger partial charge in [-0.1, -0.05) is 22.9 Å². The highest BCUT2D eigenvalue weighted by atomic mass is 79.9. The summed E-state index contributed by atoms with van der Waals surface area (Å²) < 4.78 is 1.04. The van der Waals surface area contributed by atoms with Crippen LogP contribution in [-0.4, -0.2) is 52.8 Å². The minimum Gasteiger partial charge on any atom is -0.353 e. The first-order chi connectivity index (χ1) is 10.7. The number of aromatic nitrogens is 3. The van der Waals surface area contributed by atoms with Crippen molar-refractivity contribution in [2.24, 2.45) is 0 Å². The normalized spacial score (nSPS) is 15.8. The van der Waals surface area contributed by atoms with Crippen LogP contribution in [0.1, 0.15) is 6.92 Å². The van der Waals surface area contributed by atoms with Crippen molar-refractivity contribution in [1.29, 1.82) is 0 Å². The largest absolute Gasteiger partial charge is 0.353 e. The molecule has 2 aromatic rings. The van der Waals surface area contributed by atoms with Crippen LogP contribution >= 0.6 is 15.9 Å². The van der Waals surface area contributed by atoms with Crippen LogP contribution in [0.3, 0.4) is 0 Å². The summed E-state index contributed by atoms with van der Waals surface area (Å²) in [5, 5.41) is 11.3. The predicted molar refractivity (Wildman–Crippen MR) is 91.6 cm³/mol. The number of rotatable bonds is 4. The molecule has 1 saturated heterocycles. The highest BCUT2D eigenvalue weighted by molar-refractivity contribution is 9.10. The maximum atomic E-state index is 4.58. The topological polar surface area (TPSA) is 57.2 Å². The summed E-state index contributed by atoms with van der Waals surface area (Å²) in [7, 11) is 0. The van der Waals surface area contributed by atoms with E-state index in [9.17, 15) is 0 Å². The van der Waals surface area contributed by atoms with Crippen LogP contribution in [0, 0.1) is 0 Å². The molecule has 0 unspecified atom stereocenters. The van der Waals surface area contributed by atoms with E-state index >= 15 is 0 Å². The van der Waals surface area contributed by atoms with Gasteiger partial charge in [0.25, 0.3) is 0 Å². The number of nitrogens with one attached hydrogen (secondary N) is 1. The Kier molecular flexibility index (Phi) is 4.84. The van der Waals surface area contributed by atoms with Gasteiger partial charge in [-0.25, -0.2) is 0 Å². The summed E-state index contributed by atoms with van der Waals surface area (Å²) in [5.74, 6) is 1.41. The maximum absolute atomic E-state index is 4.58. The van der Waals surface area contributed by atoms with E-state index < -0.39 is 0 Å². The van der Waals surface area contributed by atoms with Gasteiger partial charge < -0.3 is 15.1 Å². The van der Waals surface area contributed by atoms with E-state index in [-0.39, 0.29) is 0 Å². The van der Waals surface area contributed by atoms with Gasteiger partial charge in [0, 0.05) is 36.3 Å². The number of piperazine rings is 1. The third kappa shape index (κ3) is 3.72. The van der Waals surface area contributed by atoms with Crippen molar-refractivity contribution in [3.63, 3.8) is 0 Å². The fourth-order valence-corrected chi connectivity index (χ4v) is 2.72. The summed E-state index contributed by atoms with van der Waals surface area (Å²) >= 11 is 3.42. The van der Waals surface area contributed by atoms with E-state index in [2.05, 4.69) is 53.2 Å². The SMILES string of the molecule is CCN1CCN(c2cnnc(Nc3ccc(Br)cc3)n2)CC1. The first-order valence-electron chi connectivity index (χ1n) is 7.44. The molecule has 0 radical (unpaired) electrons. The molecule has 1 aliphatic rings. The van der Waals surface area contributed by atoms with Crippen molar-refractivity contribution in [2.75, 3.05) is 42.9 Å². The number of anilines is 3. The van der Waals surface area contributed by atoms with E-state index in [1.54, 1.807) is 6.20 Å². The highest BCUT2D eigenvalue weighted by Crippen LogP contribution is 2.18. The molecule has 1 aliphatic heterocycles. The lowest BCUT2D eigenvalue weighted by Gasteiger charge is -2.34. The number of nitrogens with zero attached hydrogens (tertiary/aromatic N) is 5. The van der Waals surface area contributed by atoms with Gasteiger partial charge in [0.05, 0.1) is 6.20 Å². The second-order valence-electron chi connectivity index (χ2n) is 5.19. The molecule has 1 aromatic carbocycles. The van der Waals surface area contributed by atoms with Crippen molar-refractivity contribution >= 4 is 33.4 Å². The van der Waals surface area contributed by atoms with E-state index in [4.69, 9.17) is 0 Å². The van der Waals surface area contributed by atoms with E-state index in [1.165, 1.54) is 0 Å². The Hall–Kier alpha value is -1.73. The Balaban J connectivity index is 1.68. The summed E-state index contributed by atoms with van der Waals surface area (Å²) in [5.41, 5.74) is 0.943. The lowest BCUT2D eigenvalue weighted by atomic mass is 10.3. The van der Waals surface area contributed by atoms with Gasteiger partial charge in [0.15, 0.2) is 5.82 Å². The minimum atomic E-state index is 0.526. The molecule has 0 aliphatic carbocycles. The average molecular weight is 363 g/mol. The van der Waals surface area contributed by atoms with E-state index in [0.29, 0.717) is 5.95 Å². The lowest BCUT2D eigenvalue weighted by Crippen LogP contribution is -2.46. The summed E-state index contributed by atoms with van der Waals surface area (Å²) in [6.45, 7) is 7.38. The predicted octanol–water partition coefficient (Wildman–Crippen LogP) is 2.52. The van der Waals surface area contributed by atoms with Gasteiger partial charge in [-0.2, -0.15) is 10.1 Å². The maximum Gasteiger partial charge on any atom is 0.249 e. The summed E-state index contributed by atoms with van der Waals surface area (Å²) in [6.07, 6.45) is 1.73. The molecule has 22 heavy (non-hydrogen) atoms. The van der Waals surface area contributed by atoms with Crippen LogP contribution in [0.15, 0.2) is 34.9 Å². The van der Waals surface area contributed by atoms with Crippen LogP contribution < -0.4 is 10.2 Å². The summed E-state index contributed by atoms with van der Waals surface area (Å²) in [6, 6.07) is 7.90. The molecule has 2 heterocycles. The van der Waals surface area contributed by atoms with Crippen molar-refractivity contribution in [3.05, 3.63) is 34.9 Å². The van der Waals surface area contributed by atoms with Crippen molar-refractivity contribution in [2.45, 2.75) is 6.92 Å².